The molecule has 0 spiro atoms. The second-order valence-electron chi connectivity index (χ2n) is 7.67. The summed E-state index contributed by atoms with van der Waals surface area (Å²) < 4.78 is 27.7. The summed E-state index contributed by atoms with van der Waals surface area (Å²) in [4.78, 5) is 28.7. The van der Waals surface area contributed by atoms with Crippen molar-refractivity contribution in [2.24, 2.45) is 5.92 Å². The molecule has 0 aromatic heterocycles. The van der Waals surface area contributed by atoms with Gasteiger partial charge in [0.05, 0.1) is 5.92 Å². The number of nitrogens with one attached hydrogen (secondary N) is 1. The maximum atomic E-state index is 12.8. The second-order valence-corrected chi connectivity index (χ2v) is 9.58. The molecule has 1 unspecified atom stereocenters. The molecule has 1 atom stereocenters. The molecule has 2 aliphatic heterocycles. The first-order valence-corrected chi connectivity index (χ1v) is 11.0. The Bertz CT molecular complexity index is 804. The zero-order valence-corrected chi connectivity index (χ0v) is 17.2. The number of carbonyl (C=O) groups excluding carboxylic acids is 2. The summed E-state index contributed by atoms with van der Waals surface area (Å²) >= 11 is 0. The van der Waals surface area contributed by atoms with Crippen molar-refractivity contribution in [3.63, 3.8) is 0 Å². The average Bonchev–Trinajstić information content (AvgIpc) is 3.03. The van der Waals surface area contributed by atoms with Gasteiger partial charge in [-0.25, -0.2) is 0 Å². The third kappa shape index (κ3) is 4.89. The molecule has 1 N–H and O–H groups in total. The van der Waals surface area contributed by atoms with Crippen molar-refractivity contribution in [1.29, 1.82) is 0 Å². The molecule has 0 saturated carbocycles. The van der Waals surface area contributed by atoms with Gasteiger partial charge in [0, 0.05) is 52.7 Å². The summed E-state index contributed by atoms with van der Waals surface area (Å²) in [5.74, 6) is -0.306. The summed E-state index contributed by atoms with van der Waals surface area (Å²) in [5, 5.41) is 0. The lowest BCUT2D eigenvalue weighted by Crippen LogP contribution is -2.50. The van der Waals surface area contributed by atoms with Gasteiger partial charge in [0.1, 0.15) is 0 Å². The Morgan fingerprint density at radius 2 is 1.82 bits per heavy atom. The maximum absolute atomic E-state index is 12.8. The zero-order valence-electron chi connectivity index (χ0n) is 16.4. The fourth-order valence-corrected chi connectivity index (χ4v) is 4.55. The minimum atomic E-state index is -3.47. The summed E-state index contributed by atoms with van der Waals surface area (Å²) in [6, 6.07) is 9.59. The van der Waals surface area contributed by atoms with Crippen LogP contribution in [0, 0.1) is 5.92 Å². The molecule has 0 aliphatic carbocycles. The Kier molecular flexibility index (Phi) is 6.36. The number of piperidine rings is 1. The highest BCUT2D eigenvalue weighted by Gasteiger charge is 2.37. The van der Waals surface area contributed by atoms with Crippen molar-refractivity contribution in [1.82, 2.24) is 18.8 Å². The fraction of sp³-hybridized carbons (Fsp3) is 0.579. The van der Waals surface area contributed by atoms with E-state index in [0.717, 1.165) is 9.87 Å². The van der Waals surface area contributed by atoms with Crippen molar-refractivity contribution in [2.45, 2.75) is 31.8 Å². The molecule has 28 heavy (non-hydrogen) atoms. The summed E-state index contributed by atoms with van der Waals surface area (Å²) in [5.41, 5.74) is 1.05. The van der Waals surface area contributed by atoms with Gasteiger partial charge >= 0.3 is 0 Å². The van der Waals surface area contributed by atoms with Gasteiger partial charge < -0.3 is 9.80 Å². The summed E-state index contributed by atoms with van der Waals surface area (Å²) in [7, 11) is -0.496. The van der Waals surface area contributed by atoms with Crippen LogP contribution in [0.15, 0.2) is 30.3 Å². The molecule has 9 heteroatoms. The maximum Gasteiger partial charge on any atom is 0.279 e. The second kappa shape index (κ2) is 8.59. The van der Waals surface area contributed by atoms with Crippen LogP contribution in [-0.2, 0) is 26.3 Å². The van der Waals surface area contributed by atoms with Crippen molar-refractivity contribution < 1.29 is 18.0 Å². The minimum absolute atomic E-state index is 0.00201. The Hall–Kier alpha value is -1.97. The lowest BCUT2D eigenvalue weighted by Gasteiger charge is -2.34. The smallest absolute Gasteiger partial charge is 0.279 e. The first-order valence-electron chi connectivity index (χ1n) is 9.56. The van der Waals surface area contributed by atoms with E-state index in [2.05, 4.69) is 4.72 Å². The minimum Gasteiger partial charge on any atom is -0.342 e. The number of amides is 2. The summed E-state index contributed by atoms with van der Waals surface area (Å²) in [6.45, 7) is 1.98. The van der Waals surface area contributed by atoms with E-state index in [1.54, 1.807) is 9.80 Å². The molecule has 0 bridgehead atoms. The number of benzene rings is 1. The average molecular weight is 409 g/mol. The highest BCUT2D eigenvalue weighted by molar-refractivity contribution is 7.87. The number of nitrogens with zero attached hydrogens (tertiary/aromatic N) is 3. The molecule has 1 aromatic rings. The van der Waals surface area contributed by atoms with Crippen molar-refractivity contribution >= 4 is 22.0 Å². The molecule has 154 valence electrons. The predicted molar refractivity (Wildman–Crippen MR) is 105 cm³/mol. The van der Waals surface area contributed by atoms with Crippen molar-refractivity contribution in [2.75, 3.05) is 33.7 Å². The van der Waals surface area contributed by atoms with Crippen molar-refractivity contribution in [3.05, 3.63) is 35.9 Å². The van der Waals surface area contributed by atoms with Gasteiger partial charge in [-0.15, -0.1) is 0 Å². The topological polar surface area (TPSA) is 90.0 Å². The molecule has 1 aromatic carbocycles. The molecule has 2 aliphatic rings. The Morgan fingerprint density at radius 3 is 2.43 bits per heavy atom. The number of rotatable bonds is 6. The molecule has 2 amide bonds. The number of likely N-dealkylation sites (tertiary alicyclic amines) is 2. The highest BCUT2D eigenvalue weighted by atomic mass is 32.2. The lowest BCUT2D eigenvalue weighted by molar-refractivity contribution is -0.136. The van der Waals surface area contributed by atoms with Crippen LogP contribution in [0.3, 0.4) is 0 Å². The molecule has 0 radical (unpaired) electrons. The Labute approximate surface area is 166 Å². The monoisotopic (exact) mass is 408 g/mol. The molecular formula is C19H28N4O4S. The third-order valence-corrected chi connectivity index (χ3v) is 6.98. The van der Waals surface area contributed by atoms with E-state index in [9.17, 15) is 18.0 Å². The van der Waals surface area contributed by atoms with Crippen LogP contribution in [0.1, 0.15) is 24.8 Å². The number of hydrogen-bond donors (Lipinski definition) is 1. The van der Waals surface area contributed by atoms with Crippen LogP contribution in [0.2, 0.25) is 0 Å². The first-order chi connectivity index (χ1) is 13.3. The van der Waals surface area contributed by atoms with E-state index >= 15 is 0 Å². The van der Waals surface area contributed by atoms with Crippen LogP contribution >= 0.6 is 0 Å². The molecule has 2 heterocycles. The molecule has 3 rings (SSSR count). The zero-order chi connectivity index (χ0) is 20.3. The Morgan fingerprint density at radius 1 is 1.18 bits per heavy atom. The van der Waals surface area contributed by atoms with E-state index in [0.29, 0.717) is 39.0 Å². The third-order valence-electron chi connectivity index (χ3n) is 5.38. The van der Waals surface area contributed by atoms with Crippen LogP contribution in [0.5, 0.6) is 0 Å². The Balaban J connectivity index is 1.51. The lowest BCUT2D eigenvalue weighted by atomic mass is 10.0. The van der Waals surface area contributed by atoms with Crippen LogP contribution in [-0.4, -0.2) is 74.1 Å². The molecule has 2 saturated heterocycles. The predicted octanol–water partition coefficient (Wildman–Crippen LogP) is 0.422. The first kappa shape index (κ1) is 20.8. The van der Waals surface area contributed by atoms with Gasteiger partial charge in [0.15, 0.2) is 0 Å². The van der Waals surface area contributed by atoms with Gasteiger partial charge in [-0.3, -0.25) is 9.59 Å². The van der Waals surface area contributed by atoms with Gasteiger partial charge in [-0.1, -0.05) is 30.3 Å². The van der Waals surface area contributed by atoms with E-state index < -0.39 is 10.2 Å². The largest absolute Gasteiger partial charge is 0.342 e. The van der Waals surface area contributed by atoms with Gasteiger partial charge in [0.2, 0.25) is 11.8 Å². The summed E-state index contributed by atoms with van der Waals surface area (Å²) in [6.07, 6.45) is 1.40. The quantitative estimate of drug-likeness (QED) is 0.739. The van der Waals surface area contributed by atoms with Crippen molar-refractivity contribution in [3.8, 4) is 0 Å². The molecule has 2 fully saturated rings. The van der Waals surface area contributed by atoms with E-state index in [1.165, 1.54) is 14.1 Å². The molecular weight excluding hydrogens is 380 g/mol. The SMILES string of the molecule is CN(C)S(=O)(=O)NC1CCN(C(=O)C2CC(=O)N(Cc3ccccc3)C2)CC1. The number of carbonyl (C=O) groups is 2. The van der Waals surface area contributed by atoms with Crippen LogP contribution in [0.25, 0.3) is 0 Å². The standard InChI is InChI=1S/C19H28N4O4S/c1-21(2)28(26,27)20-17-8-10-22(11-9-17)19(25)16-12-18(24)23(14-16)13-15-6-4-3-5-7-15/h3-7,16-17,20H,8-14H2,1-2H3. The van der Waals surface area contributed by atoms with E-state index in [1.807, 2.05) is 30.3 Å². The van der Waals surface area contributed by atoms with Gasteiger partial charge in [-0.05, 0) is 18.4 Å². The fourth-order valence-electron chi connectivity index (χ4n) is 3.69. The van der Waals surface area contributed by atoms with E-state index in [-0.39, 0.29) is 30.2 Å². The highest BCUT2D eigenvalue weighted by Crippen LogP contribution is 2.24. The van der Waals surface area contributed by atoms with Crippen LogP contribution < -0.4 is 4.72 Å². The van der Waals surface area contributed by atoms with Gasteiger partial charge in [0.25, 0.3) is 10.2 Å². The molecule has 8 nitrogen and oxygen atoms in total. The van der Waals surface area contributed by atoms with E-state index in [4.69, 9.17) is 0 Å². The van der Waals surface area contributed by atoms with Gasteiger partial charge in [-0.2, -0.15) is 17.4 Å². The van der Waals surface area contributed by atoms with Crippen LogP contribution in [0.4, 0.5) is 0 Å². The number of hydrogen-bond acceptors (Lipinski definition) is 4. The normalized spacial score (nSPS) is 21.5.